The third kappa shape index (κ3) is 6.32. The smallest absolute Gasteiger partial charge is 0.410 e. The van der Waals surface area contributed by atoms with E-state index in [1.54, 1.807) is 47.4 Å². The van der Waals surface area contributed by atoms with Crippen molar-refractivity contribution in [2.45, 2.75) is 64.6 Å². The number of aryl methyl sites for hydroxylation is 1. The standard InChI is InChI=1S/C33H43N5O6/c1-33(2,3)44-32(42)34(4)20-23-16-18-36(19-17-23)25-8-7-9-26-29(25)35(5)31(41)38(26)27-14-15-28(39)37(30(27)40)21-22-10-12-24(43-6)13-11-22/h7-13,23,27H,14-21H2,1-6H3. The number of amides is 3. The summed E-state index contributed by atoms with van der Waals surface area (Å²) >= 11 is 0. The highest BCUT2D eigenvalue weighted by Crippen LogP contribution is 2.33. The molecule has 1 atom stereocenters. The number of nitrogens with zero attached hydrogens (tertiary/aromatic N) is 5. The van der Waals surface area contributed by atoms with Crippen LogP contribution in [0.5, 0.6) is 5.75 Å². The number of likely N-dealkylation sites (tertiary alicyclic amines) is 1. The summed E-state index contributed by atoms with van der Waals surface area (Å²) in [4.78, 5) is 58.0. The number of aromatic nitrogens is 2. The van der Waals surface area contributed by atoms with Crippen molar-refractivity contribution < 1.29 is 23.9 Å². The summed E-state index contributed by atoms with van der Waals surface area (Å²) in [5, 5.41) is 0. The lowest BCUT2D eigenvalue weighted by Crippen LogP contribution is -2.47. The zero-order chi connectivity index (χ0) is 31.8. The quantitative estimate of drug-likeness (QED) is 0.369. The number of fused-ring (bicyclic) bond motifs is 1. The molecule has 3 aromatic rings. The van der Waals surface area contributed by atoms with Crippen molar-refractivity contribution in [2.75, 3.05) is 38.7 Å². The summed E-state index contributed by atoms with van der Waals surface area (Å²) in [7, 11) is 5.10. The zero-order valence-corrected chi connectivity index (χ0v) is 26.5. The second-order valence-corrected chi connectivity index (χ2v) is 12.9. The van der Waals surface area contributed by atoms with E-state index >= 15 is 0 Å². The van der Waals surface area contributed by atoms with E-state index in [1.165, 1.54) is 4.90 Å². The van der Waals surface area contributed by atoms with E-state index < -0.39 is 11.6 Å². The van der Waals surface area contributed by atoms with Gasteiger partial charge in [0.05, 0.1) is 30.4 Å². The van der Waals surface area contributed by atoms with Crippen LogP contribution in [0.3, 0.4) is 0 Å². The first kappa shape index (κ1) is 31.2. The Hall–Kier alpha value is -4.28. The fraction of sp³-hybridized carbons (Fsp3) is 0.515. The van der Waals surface area contributed by atoms with Crippen LogP contribution >= 0.6 is 0 Å². The van der Waals surface area contributed by atoms with Gasteiger partial charge in [0, 0.05) is 40.2 Å². The molecule has 0 radical (unpaired) electrons. The van der Waals surface area contributed by atoms with Gasteiger partial charge in [-0.1, -0.05) is 18.2 Å². The molecule has 1 aromatic heterocycles. The Bertz CT molecular complexity index is 1590. The van der Waals surface area contributed by atoms with E-state index in [9.17, 15) is 19.2 Å². The summed E-state index contributed by atoms with van der Waals surface area (Å²) < 4.78 is 13.9. The second kappa shape index (κ2) is 12.4. The normalized spacial score (nSPS) is 18.2. The molecular weight excluding hydrogens is 562 g/mol. The molecule has 1 unspecified atom stereocenters. The molecule has 3 heterocycles. The Balaban J connectivity index is 1.34. The van der Waals surface area contributed by atoms with Crippen LogP contribution in [-0.4, -0.2) is 76.2 Å². The number of imidazole rings is 1. The molecule has 2 aromatic carbocycles. The minimum atomic E-state index is -0.772. The van der Waals surface area contributed by atoms with Crippen molar-refractivity contribution >= 4 is 34.6 Å². The van der Waals surface area contributed by atoms with Crippen LogP contribution in [-0.2, 0) is 27.9 Å². The van der Waals surface area contributed by atoms with Crippen molar-refractivity contribution in [1.82, 2.24) is 18.9 Å². The molecule has 11 heteroatoms. The molecule has 2 aliphatic rings. The molecule has 2 saturated heterocycles. The van der Waals surface area contributed by atoms with Gasteiger partial charge in [0.15, 0.2) is 0 Å². The van der Waals surface area contributed by atoms with Crippen LogP contribution in [0.2, 0.25) is 0 Å². The number of piperidine rings is 2. The maximum absolute atomic E-state index is 13.8. The lowest BCUT2D eigenvalue weighted by Gasteiger charge is -2.36. The van der Waals surface area contributed by atoms with Gasteiger partial charge in [-0.2, -0.15) is 0 Å². The van der Waals surface area contributed by atoms with E-state index in [0.717, 1.165) is 42.7 Å². The highest BCUT2D eigenvalue weighted by Gasteiger charge is 2.38. The minimum Gasteiger partial charge on any atom is -0.497 e. The van der Waals surface area contributed by atoms with Crippen LogP contribution < -0.4 is 15.3 Å². The van der Waals surface area contributed by atoms with E-state index in [0.29, 0.717) is 23.7 Å². The lowest BCUT2D eigenvalue weighted by molar-refractivity contribution is -0.151. The zero-order valence-electron chi connectivity index (χ0n) is 26.5. The number of carbonyl (C=O) groups excluding carboxylic acids is 3. The Morgan fingerprint density at radius 2 is 1.68 bits per heavy atom. The predicted molar refractivity (Wildman–Crippen MR) is 168 cm³/mol. The van der Waals surface area contributed by atoms with Crippen LogP contribution in [0.4, 0.5) is 10.5 Å². The van der Waals surface area contributed by atoms with Gasteiger partial charge >= 0.3 is 11.8 Å². The number of hydrogen-bond acceptors (Lipinski definition) is 7. The van der Waals surface area contributed by atoms with Crippen molar-refractivity contribution in [3.05, 3.63) is 58.5 Å². The molecule has 0 aliphatic carbocycles. The van der Waals surface area contributed by atoms with Crippen LogP contribution in [0.1, 0.15) is 58.1 Å². The molecule has 5 rings (SSSR count). The fourth-order valence-corrected chi connectivity index (χ4v) is 6.27. The van der Waals surface area contributed by atoms with Gasteiger partial charge < -0.3 is 19.3 Å². The van der Waals surface area contributed by atoms with Crippen molar-refractivity contribution in [1.29, 1.82) is 0 Å². The SMILES string of the molecule is COc1ccc(CN2C(=O)CCC(n3c(=O)n(C)c4c(N5CCC(CN(C)C(=O)OC(C)(C)C)CC5)cccc43)C2=O)cc1. The lowest BCUT2D eigenvalue weighted by atomic mass is 9.96. The number of para-hydroxylation sites is 1. The maximum Gasteiger partial charge on any atom is 0.410 e. The van der Waals surface area contributed by atoms with E-state index in [4.69, 9.17) is 9.47 Å². The monoisotopic (exact) mass is 605 g/mol. The summed E-state index contributed by atoms with van der Waals surface area (Å²) in [6.45, 7) is 7.90. The highest BCUT2D eigenvalue weighted by molar-refractivity contribution is 6.00. The molecule has 0 bridgehead atoms. The van der Waals surface area contributed by atoms with Gasteiger partial charge in [0.2, 0.25) is 5.91 Å². The van der Waals surface area contributed by atoms with Gasteiger partial charge in [-0.25, -0.2) is 9.59 Å². The number of hydrogen-bond donors (Lipinski definition) is 0. The molecular formula is C33H43N5O6. The Kier molecular flexibility index (Phi) is 8.76. The number of imide groups is 1. The molecule has 0 spiro atoms. The van der Waals surface area contributed by atoms with E-state index in [2.05, 4.69) is 4.90 Å². The number of methoxy groups -OCH3 is 1. The fourth-order valence-electron chi connectivity index (χ4n) is 6.27. The minimum absolute atomic E-state index is 0.140. The number of ether oxygens (including phenoxy) is 2. The van der Waals surface area contributed by atoms with Crippen molar-refractivity contribution in [3.8, 4) is 5.75 Å². The molecule has 0 N–H and O–H groups in total. The van der Waals surface area contributed by atoms with E-state index in [-0.39, 0.29) is 43.0 Å². The largest absolute Gasteiger partial charge is 0.497 e. The highest BCUT2D eigenvalue weighted by atomic mass is 16.6. The predicted octanol–water partition coefficient (Wildman–Crippen LogP) is 4.32. The molecule has 2 aliphatic heterocycles. The van der Waals surface area contributed by atoms with Crippen LogP contribution in [0.25, 0.3) is 11.0 Å². The van der Waals surface area contributed by atoms with Crippen molar-refractivity contribution in [2.24, 2.45) is 13.0 Å². The first-order valence-corrected chi connectivity index (χ1v) is 15.2. The summed E-state index contributed by atoms with van der Waals surface area (Å²) in [6, 6.07) is 12.3. The Labute approximate surface area is 257 Å². The van der Waals surface area contributed by atoms with Gasteiger partial charge in [-0.3, -0.25) is 23.6 Å². The summed E-state index contributed by atoms with van der Waals surface area (Å²) in [5.74, 6) is 0.423. The Morgan fingerprint density at radius 3 is 2.32 bits per heavy atom. The molecule has 3 amide bonds. The van der Waals surface area contributed by atoms with Crippen LogP contribution in [0.15, 0.2) is 47.3 Å². The third-order valence-electron chi connectivity index (χ3n) is 8.57. The first-order valence-electron chi connectivity index (χ1n) is 15.2. The topological polar surface area (TPSA) is 106 Å². The van der Waals surface area contributed by atoms with Crippen LogP contribution in [0, 0.1) is 5.92 Å². The average Bonchev–Trinajstić information content (AvgIpc) is 3.24. The molecule has 236 valence electrons. The number of anilines is 1. The molecule has 0 saturated carbocycles. The van der Waals surface area contributed by atoms with Crippen molar-refractivity contribution in [3.63, 3.8) is 0 Å². The average molecular weight is 606 g/mol. The maximum atomic E-state index is 13.8. The Morgan fingerprint density at radius 1 is 1.00 bits per heavy atom. The summed E-state index contributed by atoms with van der Waals surface area (Å²) in [5.41, 5.74) is 2.38. The number of benzene rings is 2. The third-order valence-corrected chi connectivity index (χ3v) is 8.57. The number of carbonyl (C=O) groups is 3. The molecule has 11 nitrogen and oxygen atoms in total. The van der Waals surface area contributed by atoms with Gasteiger partial charge in [0.25, 0.3) is 5.91 Å². The second-order valence-electron chi connectivity index (χ2n) is 12.9. The number of rotatable bonds is 7. The van der Waals surface area contributed by atoms with Gasteiger partial charge in [-0.05, 0) is 75.8 Å². The van der Waals surface area contributed by atoms with Gasteiger partial charge in [0.1, 0.15) is 17.4 Å². The summed E-state index contributed by atoms with van der Waals surface area (Å²) in [6.07, 6.45) is 1.92. The molecule has 2 fully saturated rings. The van der Waals surface area contributed by atoms with E-state index in [1.807, 2.05) is 51.1 Å². The van der Waals surface area contributed by atoms with Gasteiger partial charge in [-0.15, -0.1) is 0 Å². The first-order chi connectivity index (χ1) is 20.9. The molecule has 44 heavy (non-hydrogen) atoms.